The Balaban J connectivity index is 2.16. The van der Waals surface area contributed by atoms with Crippen LogP contribution in [0.5, 0.6) is 5.75 Å². The summed E-state index contributed by atoms with van der Waals surface area (Å²) in [4.78, 5) is 20.6. The van der Waals surface area contributed by atoms with Crippen molar-refractivity contribution in [2.75, 3.05) is 0 Å². The minimum atomic E-state index is -1.47. The number of nitrogens with zero attached hydrogens (tertiary/aromatic N) is 1. The van der Waals surface area contributed by atoms with Crippen LogP contribution in [-0.2, 0) is 6.61 Å². The Morgan fingerprint density at radius 3 is 2.75 bits per heavy atom. The molecule has 2 aromatic rings. The van der Waals surface area contributed by atoms with Crippen LogP contribution in [0, 0.1) is 15.9 Å². The molecule has 0 spiro atoms. The molecule has 2 rings (SSSR count). The third-order valence-corrected chi connectivity index (χ3v) is 2.39. The maximum atomic E-state index is 13.4. The van der Waals surface area contributed by atoms with Crippen molar-refractivity contribution < 1.29 is 28.4 Å². The summed E-state index contributed by atoms with van der Waals surface area (Å²) in [5.41, 5.74) is -0.603. The summed E-state index contributed by atoms with van der Waals surface area (Å²) in [6.07, 6.45) is 0. The van der Waals surface area contributed by atoms with Crippen molar-refractivity contribution in [3.63, 3.8) is 0 Å². The van der Waals surface area contributed by atoms with Crippen LogP contribution < -0.4 is 4.74 Å². The summed E-state index contributed by atoms with van der Waals surface area (Å²) in [5, 5.41) is 19.3. The van der Waals surface area contributed by atoms with Crippen LogP contribution in [0.1, 0.15) is 16.1 Å². The predicted octanol–water partition coefficient (Wildman–Crippen LogP) is 2.60. The first-order valence-electron chi connectivity index (χ1n) is 5.36. The monoisotopic (exact) mass is 281 g/mol. The van der Waals surface area contributed by atoms with Gasteiger partial charge in [0.1, 0.15) is 34.4 Å². The van der Waals surface area contributed by atoms with Gasteiger partial charge in [-0.2, -0.15) is 0 Å². The molecule has 1 heterocycles. The normalized spacial score (nSPS) is 10.2. The Kier molecular flexibility index (Phi) is 3.65. The van der Waals surface area contributed by atoms with E-state index in [9.17, 15) is 19.3 Å². The molecule has 0 saturated carbocycles. The number of hydrogen-bond acceptors (Lipinski definition) is 5. The molecular weight excluding hydrogens is 273 g/mol. The third-order valence-electron chi connectivity index (χ3n) is 2.39. The number of nitro groups is 1. The largest absolute Gasteiger partial charge is 0.485 e. The van der Waals surface area contributed by atoms with Crippen LogP contribution in [-0.4, -0.2) is 16.0 Å². The molecule has 0 radical (unpaired) electrons. The number of rotatable bonds is 5. The average molecular weight is 281 g/mol. The van der Waals surface area contributed by atoms with Gasteiger partial charge >= 0.3 is 11.9 Å². The first-order chi connectivity index (χ1) is 9.49. The number of aromatic carboxylic acids is 1. The zero-order chi connectivity index (χ0) is 14.7. The zero-order valence-corrected chi connectivity index (χ0v) is 9.91. The van der Waals surface area contributed by atoms with Gasteiger partial charge in [-0.3, -0.25) is 10.1 Å². The van der Waals surface area contributed by atoms with Crippen molar-refractivity contribution in [1.29, 1.82) is 0 Å². The molecule has 8 heteroatoms. The van der Waals surface area contributed by atoms with Crippen molar-refractivity contribution in [3.8, 4) is 5.75 Å². The fourth-order valence-electron chi connectivity index (χ4n) is 1.52. The van der Waals surface area contributed by atoms with Gasteiger partial charge in [-0.05, 0) is 18.2 Å². The van der Waals surface area contributed by atoms with Crippen LogP contribution in [0.15, 0.2) is 34.7 Å². The summed E-state index contributed by atoms with van der Waals surface area (Å²) in [5.74, 6) is -2.92. The standard InChI is InChI=1S/C12H8FNO6/c13-8-2-1-3-9(11(8)12(15)16)19-6-7-4-5-10(20-7)14(17)18/h1-5H,6H2,(H,15,16). The van der Waals surface area contributed by atoms with Gasteiger partial charge in [0.25, 0.3) is 0 Å². The molecule has 1 N–H and O–H groups in total. The molecule has 0 saturated heterocycles. The summed E-state index contributed by atoms with van der Waals surface area (Å²) < 4.78 is 23.3. The minimum absolute atomic E-state index is 0.123. The smallest absolute Gasteiger partial charge is 0.433 e. The Morgan fingerprint density at radius 1 is 1.40 bits per heavy atom. The van der Waals surface area contributed by atoms with Crippen LogP contribution in [0.4, 0.5) is 10.3 Å². The molecule has 0 atom stereocenters. The van der Waals surface area contributed by atoms with E-state index in [1.807, 2.05) is 0 Å². The number of benzene rings is 1. The van der Waals surface area contributed by atoms with E-state index >= 15 is 0 Å². The van der Waals surface area contributed by atoms with E-state index in [-0.39, 0.29) is 18.1 Å². The Morgan fingerprint density at radius 2 is 2.15 bits per heavy atom. The quantitative estimate of drug-likeness (QED) is 0.667. The van der Waals surface area contributed by atoms with Crippen molar-refractivity contribution in [3.05, 3.63) is 57.6 Å². The van der Waals surface area contributed by atoms with Crippen molar-refractivity contribution in [1.82, 2.24) is 0 Å². The Labute approximate surface area is 111 Å². The number of halogens is 1. The Hall–Kier alpha value is -2.90. The average Bonchev–Trinajstić information content (AvgIpc) is 2.84. The first-order valence-corrected chi connectivity index (χ1v) is 5.36. The van der Waals surface area contributed by atoms with E-state index in [0.29, 0.717) is 0 Å². The van der Waals surface area contributed by atoms with Gasteiger partial charge in [0.05, 0.1) is 6.07 Å². The van der Waals surface area contributed by atoms with E-state index in [1.54, 1.807) is 0 Å². The zero-order valence-electron chi connectivity index (χ0n) is 9.91. The second kappa shape index (κ2) is 5.39. The van der Waals surface area contributed by atoms with Crippen LogP contribution in [0.2, 0.25) is 0 Å². The van der Waals surface area contributed by atoms with Gasteiger partial charge in [-0.1, -0.05) is 6.07 Å². The summed E-state index contributed by atoms with van der Waals surface area (Å²) in [6.45, 7) is -0.252. The lowest BCUT2D eigenvalue weighted by atomic mass is 10.2. The van der Waals surface area contributed by atoms with E-state index in [0.717, 1.165) is 12.1 Å². The van der Waals surface area contributed by atoms with Crippen molar-refractivity contribution >= 4 is 11.9 Å². The lowest BCUT2D eigenvalue weighted by molar-refractivity contribution is -0.402. The number of carboxylic acid groups (broad SMARTS) is 1. The highest BCUT2D eigenvalue weighted by Gasteiger charge is 2.18. The highest BCUT2D eigenvalue weighted by molar-refractivity contribution is 5.91. The summed E-state index contributed by atoms with van der Waals surface area (Å²) >= 11 is 0. The topological polar surface area (TPSA) is 103 Å². The van der Waals surface area contributed by atoms with Gasteiger partial charge in [-0.15, -0.1) is 0 Å². The number of furan rings is 1. The van der Waals surface area contributed by atoms with Crippen LogP contribution in [0.25, 0.3) is 0 Å². The Bertz CT molecular complexity index is 666. The van der Waals surface area contributed by atoms with Gasteiger partial charge < -0.3 is 14.3 Å². The number of carbonyl (C=O) groups is 1. The van der Waals surface area contributed by atoms with Crippen molar-refractivity contribution in [2.45, 2.75) is 6.61 Å². The molecule has 1 aromatic heterocycles. The number of carboxylic acids is 1. The van der Waals surface area contributed by atoms with E-state index in [2.05, 4.69) is 0 Å². The molecule has 0 unspecified atom stereocenters. The van der Waals surface area contributed by atoms with E-state index in [1.165, 1.54) is 18.2 Å². The molecule has 1 aromatic carbocycles. The molecule has 104 valence electrons. The van der Waals surface area contributed by atoms with E-state index in [4.69, 9.17) is 14.3 Å². The van der Waals surface area contributed by atoms with Gasteiger partial charge in [0.2, 0.25) is 0 Å². The molecule has 0 fully saturated rings. The molecule has 20 heavy (non-hydrogen) atoms. The summed E-state index contributed by atoms with van der Waals surface area (Å²) in [6, 6.07) is 6.03. The minimum Gasteiger partial charge on any atom is -0.485 e. The van der Waals surface area contributed by atoms with Gasteiger partial charge in [-0.25, -0.2) is 9.18 Å². The highest BCUT2D eigenvalue weighted by Crippen LogP contribution is 2.23. The van der Waals surface area contributed by atoms with Crippen LogP contribution in [0.3, 0.4) is 0 Å². The second-order valence-corrected chi connectivity index (χ2v) is 3.70. The molecule has 0 amide bonds. The lowest BCUT2D eigenvalue weighted by Gasteiger charge is -2.07. The second-order valence-electron chi connectivity index (χ2n) is 3.70. The highest BCUT2D eigenvalue weighted by atomic mass is 19.1. The molecule has 0 aliphatic heterocycles. The van der Waals surface area contributed by atoms with Gasteiger partial charge in [0.15, 0.2) is 0 Å². The van der Waals surface area contributed by atoms with Crippen molar-refractivity contribution in [2.24, 2.45) is 0 Å². The van der Waals surface area contributed by atoms with Gasteiger partial charge in [0, 0.05) is 0 Å². The molecule has 7 nitrogen and oxygen atoms in total. The van der Waals surface area contributed by atoms with E-state index < -0.39 is 28.2 Å². The maximum absolute atomic E-state index is 13.4. The molecule has 0 aliphatic rings. The number of ether oxygens (including phenoxy) is 1. The summed E-state index contributed by atoms with van der Waals surface area (Å²) in [7, 11) is 0. The molecule has 0 aliphatic carbocycles. The fourth-order valence-corrected chi connectivity index (χ4v) is 1.52. The SMILES string of the molecule is O=C(O)c1c(F)cccc1OCc1ccc([N+](=O)[O-])o1. The fraction of sp³-hybridized carbons (Fsp3) is 0.0833. The third kappa shape index (κ3) is 2.74. The lowest BCUT2D eigenvalue weighted by Crippen LogP contribution is -2.05. The number of hydrogen-bond donors (Lipinski definition) is 1. The first kappa shape index (κ1) is 13.5. The maximum Gasteiger partial charge on any atom is 0.433 e. The van der Waals surface area contributed by atoms with Crippen LogP contribution >= 0.6 is 0 Å². The molecule has 0 bridgehead atoms. The predicted molar refractivity (Wildman–Crippen MR) is 63.1 cm³/mol. The molecular formula is C12H8FNO6.